The Morgan fingerprint density at radius 3 is 2.58 bits per heavy atom. The van der Waals surface area contributed by atoms with E-state index in [-0.39, 0.29) is 0 Å². The lowest BCUT2D eigenvalue weighted by atomic mass is 9.92. The molecule has 2 rings (SSSR count). The normalized spacial score (nSPS) is 19.3. The van der Waals surface area contributed by atoms with Gasteiger partial charge in [0, 0.05) is 10.9 Å². The SMILES string of the molecule is CCCNC(CC1CCCCCC1)c1ccc(Br)s1. The monoisotopic (exact) mass is 343 g/mol. The highest BCUT2D eigenvalue weighted by Gasteiger charge is 2.20. The predicted octanol–water partition coefficient (Wildman–Crippen LogP) is 5.91. The maximum absolute atomic E-state index is 3.76. The quantitative estimate of drug-likeness (QED) is 0.632. The van der Waals surface area contributed by atoms with Crippen LogP contribution in [0.25, 0.3) is 0 Å². The third-order valence-corrected chi connectivity index (χ3v) is 5.86. The Bertz CT molecular complexity index is 355. The minimum Gasteiger partial charge on any atom is -0.309 e. The van der Waals surface area contributed by atoms with E-state index >= 15 is 0 Å². The van der Waals surface area contributed by atoms with Gasteiger partial charge in [-0.15, -0.1) is 11.3 Å². The first-order valence-corrected chi connectivity index (χ1v) is 9.39. The van der Waals surface area contributed by atoms with Crippen LogP contribution in [-0.2, 0) is 0 Å². The number of nitrogens with one attached hydrogen (secondary N) is 1. The Labute approximate surface area is 130 Å². The van der Waals surface area contributed by atoms with Gasteiger partial charge in [-0.2, -0.15) is 0 Å². The summed E-state index contributed by atoms with van der Waals surface area (Å²) in [6, 6.07) is 5.05. The zero-order valence-electron chi connectivity index (χ0n) is 12.0. The Hall–Kier alpha value is 0.140. The third kappa shape index (κ3) is 5.20. The molecular weight excluding hydrogens is 318 g/mol. The summed E-state index contributed by atoms with van der Waals surface area (Å²) in [5, 5.41) is 3.76. The maximum Gasteiger partial charge on any atom is 0.0701 e. The first-order chi connectivity index (χ1) is 9.29. The third-order valence-electron chi connectivity index (χ3n) is 4.12. The highest BCUT2D eigenvalue weighted by Crippen LogP contribution is 2.34. The van der Waals surface area contributed by atoms with Crippen LogP contribution in [0.2, 0.25) is 0 Å². The zero-order valence-corrected chi connectivity index (χ0v) is 14.4. The number of hydrogen-bond acceptors (Lipinski definition) is 2. The van der Waals surface area contributed by atoms with E-state index in [0.29, 0.717) is 6.04 Å². The molecule has 19 heavy (non-hydrogen) atoms. The number of rotatable bonds is 6. The predicted molar refractivity (Wildman–Crippen MR) is 88.9 cm³/mol. The van der Waals surface area contributed by atoms with Gasteiger partial charge in [-0.3, -0.25) is 0 Å². The summed E-state index contributed by atoms with van der Waals surface area (Å²) in [5.74, 6) is 0.928. The smallest absolute Gasteiger partial charge is 0.0701 e. The number of hydrogen-bond donors (Lipinski definition) is 1. The van der Waals surface area contributed by atoms with E-state index in [0.717, 1.165) is 12.5 Å². The van der Waals surface area contributed by atoms with Crippen molar-refractivity contribution in [2.75, 3.05) is 6.54 Å². The van der Waals surface area contributed by atoms with Gasteiger partial charge in [0.05, 0.1) is 3.79 Å². The molecule has 1 aromatic heterocycles. The maximum atomic E-state index is 3.76. The summed E-state index contributed by atoms with van der Waals surface area (Å²) in [6.07, 6.45) is 11.2. The highest BCUT2D eigenvalue weighted by atomic mass is 79.9. The molecule has 0 amide bonds. The molecule has 1 aliphatic carbocycles. The van der Waals surface area contributed by atoms with E-state index in [1.807, 2.05) is 11.3 Å². The molecule has 0 bridgehead atoms. The van der Waals surface area contributed by atoms with Crippen molar-refractivity contribution in [2.24, 2.45) is 5.92 Å². The summed E-state index contributed by atoms with van der Waals surface area (Å²) >= 11 is 5.49. The van der Waals surface area contributed by atoms with Crippen LogP contribution in [0.4, 0.5) is 0 Å². The number of thiophene rings is 1. The van der Waals surface area contributed by atoms with Crippen LogP contribution in [-0.4, -0.2) is 6.54 Å². The lowest BCUT2D eigenvalue weighted by Crippen LogP contribution is -2.23. The van der Waals surface area contributed by atoms with Crippen LogP contribution < -0.4 is 5.32 Å². The Kier molecular flexibility index (Phi) is 6.89. The molecule has 0 saturated heterocycles. The summed E-state index contributed by atoms with van der Waals surface area (Å²) in [6.45, 7) is 3.38. The van der Waals surface area contributed by atoms with Crippen molar-refractivity contribution in [3.8, 4) is 0 Å². The van der Waals surface area contributed by atoms with Crippen LogP contribution in [0.1, 0.15) is 69.2 Å². The Morgan fingerprint density at radius 1 is 1.26 bits per heavy atom. The van der Waals surface area contributed by atoms with Gasteiger partial charge in [0.15, 0.2) is 0 Å². The first kappa shape index (κ1) is 15.5. The molecule has 3 heteroatoms. The van der Waals surface area contributed by atoms with E-state index in [1.165, 1.54) is 60.0 Å². The van der Waals surface area contributed by atoms with E-state index in [1.54, 1.807) is 0 Å². The molecule has 0 aliphatic heterocycles. The topological polar surface area (TPSA) is 12.0 Å². The fourth-order valence-electron chi connectivity index (χ4n) is 3.07. The summed E-state index contributed by atoms with van der Waals surface area (Å²) in [5.41, 5.74) is 0. The molecule has 1 fully saturated rings. The molecule has 0 radical (unpaired) electrons. The average molecular weight is 344 g/mol. The van der Waals surface area contributed by atoms with Gasteiger partial charge >= 0.3 is 0 Å². The lowest BCUT2D eigenvalue weighted by Gasteiger charge is -2.23. The molecule has 108 valence electrons. The van der Waals surface area contributed by atoms with Gasteiger partial charge in [-0.05, 0) is 53.4 Å². The van der Waals surface area contributed by atoms with E-state index in [4.69, 9.17) is 0 Å². The van der Waals surface area contributed by atoms with E-state index < -0.39 is 0 Å². The van der Waals surface area contributed by atoms with Crippen molar-refractivity contribution in [2.45, 2.75) is 64.3 Å². The molecule has 1 heterocycles. The fraction of sp³-hybridized carbons (Fsp3) is 0.750. The second-order valence-corrected chi connectivity index (χ2v) is 8.24. The van der Waals surface area contributed by atoms with Gasteiger partial charge in [0.2, 0.25) is 0 Å². The second kappa shape index (κ2) is 8.43. The molecule has 0 aromatic carbocycles. The van der Waals surface area contributed by atoms with Crippen LogP contribution in [0.5, 0.6) is 0 Å². The molecule has 1 N–H and O–H groups in total. The van der Waals surface area contributed by atoms with Gasteiger partial charge in [-0.25, -0.2) is 0 Å². The van der Waals surface area contributed by atoms with Crippen LogP contribution in [0.15, 0.2) is 15.9 Å². The highest BCUT2D eigenvalue weighted by molar-refractivity contribution is 9.11. The van der Waals surface area contributed by atoms with Gasteiger partial charge in [0.1, 0.15) is 0 Å². The van der Waals surface area contributed by atoms with Crippen LogP contribution >= 0.6 is 27.3 Å². The summed E-state index contributed by atoms with van der Waals surface area (Å²) in [4.78, 5) is 1.50. The average Bonchev–Trinajstić information content (AvgIpc) is 2.68. The minimum absolute atomic E-state index is 0.569. The fourth-order valence-corrected chi connectivity index (χ4v) is 4.58. The second-order valence-electron chi connectivity index (χ2n) is 5.74. The zero-order chi connectivity index (χ0) is 13.5. The largest absolute Gasteiger partial charge is 0.309 e. The van der Waals surface area contributed by atoms with Crippen LogP contribution in [0.3, 0.4) is 0 Å². The van der Waals surface area contributed by atoms with Crippen molar-refractivity contribution in [1.82, 2.24) is 5.32 Å². The lowest BCUT2D eigenvalue weighted by molar-refractivity contribution is 0.359. The molecule has 1 unspecified atom stereocenters. The summed E-state index contributed by atoms with van der Waals surface area (Å²) < 4.78 is 1.26. The van der Waals surface area contributed by atoms with Gasteiger partial charge < -0.3 is 5.32 Å². The molecule has 1 saturated carbocycles. The molecule has 1 atom stereocenters. The van der Waals surface area contributed by atoms with Crippen molar-refractivity contribution in [3.63, 3.8) is 0 Å². The van der Waals surface area contributed by atoms with E-state index in [2.05, 4.69) is 40.3 Å². The van der Waals surface area contributed by atoms with Gasteiger partial charge in [-0.1, -0.05) is 45.4 Å². The van der Waals surface area contributed by atoms with Crippen molar-refractivity contribution in [3.05, 3.63) is 20.8 Å². The number of halogens is 1. The molecule has 1 aromatic rings. The first-order valence-electron chi connectivity index (χ1n) is 7.78. The van der Waals surface area contributed by atoms with Crippen LogP contribution in [0, 0.1) is 5.92 Å². The minimum atomic E-state index is 0.569. The van der Waals surface area contributed by atoms with E-state index in [9.17, 15) is 0 Å². The van der Waals surface area contributed by atoms with Crippen molar-refractivity contribution >= 4 is 27.3 Å². The van der Waals surface area contributed by atoms with Gasteiger partial charge in [0.25, 0.3) is 0 Å². The standard InChI is InChI=1S/C16H26BrNS/c1-2-11-18-14(15-9-10-16(17)19-15)12-13-7-5-3-4-6-8-13/h9-10,13-14,18H,2-8,11-12H2,1H3. The molecule has 1 nitrogen and oxygen atoms in total. The summed E-state index contributed by atoms with van der Waals surface area (Å²) in [7, 11) is 0. The Balaban J connectivity index is 1.96. The van der Waals surface area contributed by atoms with Crippen molar-refractivity contribution in [1.29, 1.82) is 0 Å². The Morgan fingerprint density at radius 2 is 2.00 bits per heavy atom. The molecule has 0 spiro atoms. The molecular formula is C16H26BrNS. The van der Waals surface area contributed by atoms with Crippen molar-refractivity contribution < 1.29 is 0 Å². The molecule has 1 aliphatic rings.